The summed E-state index contributed by atoms with van der Waals surface area (Å²) in [5.41, 5.74) is 1.68. The average molecular weight is 461 g/mol. The smallest absolute Gasteiger partial charge is 0.191 e. The van der Waals surface area contributed by atoms with Crippen LogP contribution in [-0.4, -0.2) is 39.9 Å². The molecule has 1 saturated carbocycles. The van der Waals surface area contributed by atoms with Gasteiger partial charge in [-0.25, -0.2) is 0 Å². The van der Waals surface area contributed by atoms with E-state index in [1.165, 1.54) is 31.2 Å². The summed E-state index contributed by atoms with van der Waals surface area (Å²) in [6.07, 6.45) is 5.26. The fraction of sp³-hybridized carbons (Fsp3) is 0.632. The average Bonchev–Trinajstić information content (AvgIpc) is 2.58. The number of aliphatic imine (C=N–C) groups is 1. The number of hydrogen-bond acceptors (Lipinski definition) is 3. The van der Waals surface area contributed by atoms with Crippen molar-refractivity contribution in [2.75, 3.05) is 33.9 Å². The molecular weight excluding hydrogens is 429 g/mol. The van der Waals surface area contributed by atoms with Gasteiger partial charge in [0.2, 0.25) is 0 Å². The molecule has 25 heavy (non-hydrogen) atoms. The second kappa shape index (κ2) is 11.6. The van der Waals surface area contributed by atoms with Crippen molar-refractivity contribution in [1.29, 1.82) is 0 Å². The first-order valence-electron chi connectivity index (χ1n) is 8.86. The summed E-state index contributed by atoms with van der Waals surface area (Å²) in [7, 11) is 3.49. The highest BCUT2D eigenvalue weighted by Gasteiger charge is 2.34. The Kier molecular flexibility index (Phi) is 10.2. The molecule has 0 heterocycles. The van der Waals surface area contributed by atoms with Crippen molar-refractivity contribution in [2.24, 2.45) is 10.4 Å². The van der Waals surface area contributed by atoms with E-state index in [1.807, 2.05) is 19.2 Å². The van der Waals surface area contributed by atoms with Crippen molar-refractivity contribution in [3.63, 3.8) is 0 Å². The van der Waals surface area contributed by atoms with Gasteiger partial charge in [0, 0.05) is 27.2 Å². The van der Waals surface area contributed by atoms with Gasteiger partial charge in [-0.2, -0.15) is 0 Å². The number of ether oxygens (including phenoxy) is 2. The monoisotopic (exact) mass is 461 g/mol. The molecule has 1 aliphatic rings. The maximum atomic E-state index is 5.57. The van der Waals surface area contributed by atoms with Crippen LogP contribution in [0.1, 0.15) is 38.2 Å². The van der Waals surface area contributed by atoms with Crippen molar-refractivity contribution in [3.8, 4) is 5.75 Å². The summed E-state index contributed by atoms with van der Waals surface area (Å²) < 4.78 is 10.6. The van der Waals surface area contributed by atoms with Crippen LogP contribution in [0.3, 0.4) is 0 Å². The lowest BCUT2D eigenvalue weighted by atomic mass is 9.67. The Labute approximate surface area is 169 Å². The minimum atomic E-state index is 0. The largest absolute Gasteiger partial charge is 0.491 e. The first-order chi connectivity index (χ1) is 11.7. The second-order valence-electron chi connectivity index (χ2n) is 6.47. The van der Waals surface area contributed by atoms with Crippen LogP contribution in [-0.2, 0) is 11.3 Å². The molecule has 0 aromatic heterocycles. The molecule has 0 radical (unpaired) electrons. The summed E-state index contributed by atoms with van der Waals surface area (Å²) in [5.74, 6) is 1.74. The quantitative estimate of drug-likeness (QED) is 0.256. The fourth-order valence-electron chi connectivity index (χ4n) is 2.96. The third kappa shape index (κ3) is 7.01. The molecule has 0 aliphatic heterocycles. The van der Waals surface area contributed by atoms with Crippen LogP contribution in [0, 0.1) is 5.41 Å². The van der Waals surface area contributed by atoms with E-state index in [2.05, 4.69) is 34.7 Å². The van der Waals surface area contributed by atoms with E-state index in [0.29, 0.717) is 18.6 Å². The van der Waals surface area contributed by atoms with Gasteiger partial charge in [-0.05, 0) is 42.4 Å². The summed E-state index contributed by atoms with van der Waals surface area (Å²) in [6, 6.07) is 8.12. The summed E-state index contributed by atoms with van der Waals surface area (Å²) in [4.78, 5) is 4.32. The zero-order valence-electron chi connectivity index (χ0n) is 15.6. The zero-order valence-corrected chi connectivity index (χ0v) is 18.0. The minimum Gasteiger partial charge on any atom is -0.491 e. The van der Waals surface area contributed by atoms with Crippen molar-refractivity contribution < 1.29 is 9.47 Å². The lowest BCUT2D eigenvalue weighted by Crippen LogP contribution is -2.46. The first-order valence-corrected chi connectivity index (χ1v) is 8.86. The molecule has 5 nitrogen and oxygen atoms in total. The number of benzene rings is 1. The van der Waals surface area contributed by atoms with Gasteiger partial charge in [0.1, 0.15) is 12.4 Å². The lowest BCUT2D eigenvalue weighted by molar-refractivity contribution is 0.131. The molecule has 0 bridgehead atoms. The lowest BCUT2D eigenvalue weighted by Gasteiger charge is -2.41. The third-order valence-corrected chi connectivity index (χ3v) is 4.96. The third-order valence-electron chi connectivity index (χ3n) is 4.96. The van der Waals surface area contributed by atoms with Crippen LogP contribution in [0.15, 0.2) is 29.3 Å². The van der Waals surface area contributed by atoms with Gasteiger partial charge >= 0.3 is 0 Å². The number of methoxy groups -OCH3 is 1. The highest BCUT2D eigenvalue weighted by Crippen LogP contribution is 2.42. The van der Waals surface area contributed by atoms with E-state index >= 15 is 0 Å². The van der Waals surface area contributed by atoms with Crippen LogP contribution in [0.4, 0.5) is 0 Å². The second-order valence-corrected chi connectivity index (χ2v) is 6.47. The number of nitrogens with zero attached hydrogens (tertiary/aromatic N) is 1. The van der Waals surface area contributed by atoms with Crippen molar-refractivity contribution in [1.82, 2.24) is 10.6 Å². The number of halogens is 1. The van der Waals surface area contributed by atoms with E-state index < -0.39 is 0 Å². The molecule has 2 rings (SSSR count). The molecule has 2 N–H and O–H groups in total. The maximum absolute atomic E-state index is 5.57. The summed E-state index contributed by atoms with van der Waals surface area (Å²) in [5, 5.41) is 6.86. The Morgan fingerprint density at radius 2 is 1.88 bits per heavy atom. The molecule has 0 saturated heterocycles. The van der Waals surface area contributed by atoms with Gasteiger partial charge in [-0.3, -0.25) is 4.99 Å². The number of hydrogen-bond donors (Lipinski definition) is 2. The molecule has 0 amide bonds. The van der Waals surface area contributed by atoms with Gasteiger partial charge in [0.25, 0.3) is 0 Å². The molecule has 0 unspecified atom stereocenters. The molecule has 1 aliphatic carbocycles. The standard InChI is InChI=1S/C19H31N3O2.HI/c1-4-19(10-5-11-19)15-22-18(20-2)21-14-16-6-8-17(9-7-16)24-13-12-23-3;/h6-9H,4-5,10-15H2,1-3H3,(H2,20,21,22);1H. The Hall–Kier alpha value is -1.02. The maximum Gasteiger partial charge on any atom is 0.191 e. The molecule has 0 atom stereocenters. The van der Waals surface area contributed by atoms with Crippen LogP contribution in [0.2, 0.25) is 0 Å². The van der Waals surface area contributed by atoms with Gasteiger partial charge in [-0.15, -0.1) is 24.0 Å². The first kappa shape index (κ1) is 22.0. The van der Waals surface area contributed by atoms with Gasteiger partial charge in [0.05, 0.1) is 6.61 Å². The van der Waals surface area contributed by atoms with E-state index in [0.717, 1.165) is 24.8 Å². The molecule has 1 aromatic rings. The van der Waals surface area contributed by atoms with Gasteiger partial charge < -0.3 is 20.1 Å². The number of nitrogens with one attached hydrogen (secondary N) is 2. The normalized spacial score (nSPS) is 15.7. The predicted octanol–water partition coefficient (Wildman–Crippen LogP) is 3.58. The van der Waals surface area contributed by atoms with Crippen LogP contribution < -0.4 is 15.4 Å². The topological polar surface area (TPSA) is 54.9 Å². The molecule has 142 valence electrons. The Bertz CT molecular complexity index is 510. The van der Waals surface area contributed by atoms with Gasteiger partial charge in [0.15, 0.2) is 5.96 Å². The molecule has 1 aromatic carbocycles. The van der Waals surface area contributed by atoms with Crippen LogP contribution in [0.5, 0.6) is 5.75 Å². The molecule has 6 heteroatoms. The van der Waals surface area contributed by atoms with Crippen LogP contribution >= 0.6 is 24.0 Å². The van der Waals surface area contributed by atoms with E-state index in [9.17, 15) is 0 Å². The minimum absolute atomic E-state index is 0. The van der Waals surface area contributed by atoms with Crippen molar-refractivity contribution in [2.45, 2.75) is 39.2 Å². The molecule has 0 spiro atoms. The Morgan fingerprint density at radius 1 is 1.16 bits per heavy atom. The Morgan fingerprint density at radius 3 is 2.40 bits per heavy atom. The summed E-state index contributed by atoms with van der Waals surface area (Å²) >= 11 is 0. The zero-order chi connectivity index (χ0) is 17.3. The predicted molar refractivity (Wildman–Crippen MR) is 114 cm³/mol. The molecular formula is C19H32IN3O2. The number of guanidine groups is 1. The fourth-order valence-corrected chi connectivity index (χ4v) is 2.96. The van der Waals surface area contributed by atoms with Crippen molar-refractivity contribution >= 4 is 29.9 Å². The highest BCUT2D eigenvalue weighted by molar-refractivity contribution is 14.0. The van der Waals surface area contributed by atoms with E-state index in [1.54, 1.807) is 7.11 Å². The Balaban J connectivity index is 0.00000312. The number of rotatable bonds is 9. The summed E-state index contributed by atoms with van der Waals surface area (Å²) in [6.45, 7) is 5.22. The van der Waals surface area contributed by atoms with E-state index in [4.69, 9.17) is 9.47 Å². The highest BCUT2D eigenvalue weighted by atomic mass is 127. The van der Waals surface area contributed by atoms with E-state index in [-0.39, 0.29) is 24.0 Å². The van der Waals surface area contributed by atoms with Crippen LogP contribution in [0.25, 0.3) is 0 Å². The molecule has 1 fully saturated rings. The van der Waals surface area contributed by atoms with Crippen molar-refractivity contribution in [3.05, 3.63) is 29.8 Å². The SMILES string of the molecule is CCC1(CNC(=NC)NCc2ccc(OCCOC)cc2)CCC1.I. The van der Waals surface area contributed by atoms with Gasteiger partial charge in [-0.1, -0.05) is 25.5 Å².